The van der Waals surface area contributed by atoms with Gasteiger partial charge in [0, 0.05) is 16.1 Å². The van der Waals surface area contributed by atoms with Gasteiger partial charge in [0.25, 0.3) is 0 Å². The highest BCUT2D eigenvalue weighted by Crippen LogP contribution is 2.46. The molecule has 0 aliphatic carbocycles. The summed E-state index contributed by atoms with van der Waals surface area (Å²) in [6.07, 6.45) is 0. The van der Waals surface area contributed by atoms with E-state index in [1.165, 1.54) is 7.11 Å². The minimum Gasteiger partial charge on any atom is -0.504 e. The monoisotopic (exact) mass is 312 g/mol. The van der Waals surface area contributed by atoms with E-state index in [9.17, 15) is 5.11 Å². The lowest BCUT2D eigenvalue weighted by Crippen LogP contribution is -1.95. The number of hydrogen-bond donors (Lipinski definition) is 2. The predicted molar refractivity (Wildman–Crippen MR) is 71.7 cm³/mol. The average molecular weight is 313 g/mol. The number of phenols is 1. The molecular weight excluding hydrogens is 300 g/mol. The number of phenolic OH excluding ortho intramolecular Hbond substituents is 1. The van der Waals surface area contributed by atoms with Gasteiger partial charge in [-0.05, 0) is 19.4 Å². The van der Waals surface area contributed by atoms with Crippen LogP contribution >= 0.6 is 15.9 Å². The van der Waals surface area contributed by atoms with E-state index in [0.717, 1.165) is 15.6 Å². The molecule has 5 nitrogen and oxygen atoms in total. The lowest BCUT2D eigenvalue weighted by atomic mass is 10.0. The molecule has 0 saturated heterocycles. The van der Waals surface area contributed by atoms with Gasteiger partial charge in [-0.2, -0.15) is 0 Å². The van der Waals surface area contributed by atoms with Crippen molar-refractivity contribution in [2.45, 2.75) is 13.8 Å². The highest BCUT2D eigenvalue weighted by Gasteiger charge is 2.22. The van der Waals surface area contributed by atoms with Crippen LogP contribution in [0.25, 0.3) is 11.3 Å². The van der Waals surface area contributed by atoms with E-state index in [0.29, 0.717) is 17.1 Å². The van der Waals surface area contributed by atoms with Crippen molar-refractivity contribution in [2.75, 3.05) is 12.8 Å². The number of anilines is 1. The summed E-state index contributed by atoms with van der Waals surface area (Å²) in [5.41, 5.74) is 7.70. The molecule has 96 valence electrons. The Bertz CT molecular complexity index is 608. The Morgan fingerprint density at radius 3 is 2.56 bits per heavy atom. The molecule has 0 atom stereocenters. The number of nitrogens with two attached hydrogens (primary N) is 1. The Hall–Kier alpha value is -1.69. The van der Waals surface area contributed by atoms with Gasteiger partial charge in [0.15, 0.2) is 23.1 Å². The van der Waals surface area contributed by atoms with E-state index in [2.05, 4.69) is 21.1 Å². The van der Waals surface area contributed by atoms with E-state index in [1.54, 1.807) is 6.07 Å². The van der Waals surface area contributed by atoms with Crippen molar-refractivity contribution in [2.24, 2.45) is 0 Å². The van der Waals surface area contributed by atoms with Crippen LogP contribution in [0.3, 0.4) is 0 Å². The Kier molecular flexibility index (Phi) is 3.21. The minimum absolute atomic E-state index is 0.0202. The molecular formula is C12H13BrN2O3. The first-order valence-electron chi connectivity index (χ1n) is 5.25. The molecule has 2 rings (SSSR count). The van der Waals surface area contributed by atoms with Gasteiger partial charge in [-0.15, -0.1) is 0 Å². The Labute approximate surface area is 113 Å². The third kappa shape index (κ3) is 1.82. The maximum absolute atomic E-state index is 10.3. The molecule has 0 radical (unpaired) electrons. The van der Waals surface area contributed by atoms with Crippen LogP contribution in [0, 0.1) is 13.8 Å². The van der Waals surface area contributed by atoms with Crippen molar-refractivity contribution >= 4 is 21.7 Å². The molecule has 0 spiro atoms. The van der Waals surface area contributed by atoms with Crippen molar-refractivity contribution in [1.29, 1.82) is 0 Å². The fraction of sp³-hybridized carbons (Fsp3) is 0.250. The standard InChI is InChI=1S/C12H13BrN2O3/c1-5-9(7-4-8(14)15-18-7)11(16)12(17-3)6(2)10(5)13/h4,16H,1-3H3,(H2,14,15). The zero-order chi connectivity index (χ0) is 13.4. The highest BCUT2D eigenvalue weighted by molar-refractivity contribution is 9.10. The van der Waals surface area contributed by atoms with E-state index >= 15 is 0 Å². The summed E-state index contributed by atoms with van der Waals surface area (Å²) in [6.45, 7) is 3.72. The van der Waals surface area contributed by atoms with Crippen LogP contribution in [0.4, 0.5) is 5.82 Å². The van der Waals surface area contributed by atoms with E-state index in [-0.39, 0.29) is 11.6 Å². The molecule has 0 bridgehead atoms. The number of aromatic nitrogens is 1. The first kappa shape index (κ1) is 12.8. The number of nitrogen functional groups attached to an aromatic ring is 1. The first-order valence-corrected chi connectivity index (χ1v) is 6.04. The topological polar surface area (TPSA) is 81.5 Å². The van der Waals surface area contributed by atoms with E-state index < -0.39 is 0 Å². The van der Waals surface area contributed by atoms with Crippen LogP contribution in [0.15, 0.2) is 15.1 Å². The molecule has 2 aromatic rings. The highest BCUT2D eigenvalue weighted by atomic mass is 79.9. The zero-order valence-electron chi connectivity index (χ0n) is 10.2. The number of methoxy groups -OCH3 is 1. The molecule has 0 unspecified atom stereocenters. The lowest BCUT2D eigenvalue weighted by Gasteiger charge is -2.15. The molecule has 1 heterocycles. The number of benzene rings is 1. The molecule has 0 saturated carbocycles. The summed E-state index contributed by atoms with van der Waals surface area (Å²) in [4.78, 5) is 0. The molecule has 0 aliphatic rings. The summed E-state index contributed by atoms with van der Waals surface area (Å²) in [5.74, 6) is 1.09. The van der Waals surface area contributed by atoms with Crippen LogP contribution in [0.2, 0.25) is 0 Å². The molecule has 18 heavy (non-hydrogen) atoms. The lowest BCUT2D eigenvalue weighted by molar-refractivity contribution is 0.369. The molecule has 0 amide bonds. The number of ether oxygens (including phenoxy) is 1. The second-order valence-corrected chi connectivity index (χ2v) is 4.73. The Morgan fingerprint density at radius 2 is 2.06 bits per heavy atom. The SMILES string of the molecule is COc1c(C)c(Br)c(C)c(-c2cc(N)no2)c1O. The first-order chi connectivity index (χ1) is 8.47. The van der Waals surface area contributed by atoms with Crippen molar-refractivity contribution < 1.29 is 14.4 Å². The molecule has 3 N–H and O–H groups in total. The Balaban J connectivity index is 2.78. The van der Waals surface area contributed by atoms with Gasteiger partial charge in [-0.3, -0.25) is 0 Å². The summed E-state index contributed by atoms with van der Waals surface area (Å²) < 4.78 is 11.2. The van der Waals surface area contributed by atoms with Gasteiger partial charge in [0.1, 0.15) is 0 Å². The van der Waals surface area contributed by atoms with Crippen molar-refractivity contribution in [3.05, 3.63) is 21.7 Å². The van der Waals surface area contributed by atoms with E-state index in [1.807, 2.05) is 13.8 Å². The molecule has 0 aliphatic heterocycles. The quantitative estimate of drug-likeness (QED) is 0.890. The molecule has 6 heteroatoms. The van der Waals surface area contributed by atoms with E-state index in [4.69, 9.17) is 15.0 Å². The van der Waals surface area contributed by atoms with Gasteiger partial charge in [0.2, 0.25) is 0 Å². The van der Waals surface area contributed by atoms with Gasteiger partial charge >= 0.3 is 0 Å². The predicted octanol–water partition coefficient (Wildman–Crippen LogP) is 3.02. The summed E-state index contributed by atoms with van der Waals surface area (Å²) in [6, 6.07) is 1.56. The van der Waals surface area contributed by atoms with Crippen LogP contribution in [-0.2, 0) is 0 Å². The smallest absolute Gasteiger partial charge is 0.173 e. The Morgan fingerprint density at radius 1 is 1.39 bits per heavy atom. The molecule has 0 fully saturated rings. The number of nitrogens with zero attached hydrogens (tertiary/aromatic N) is 1. The zero-order valence-corrected chi connectivity index (χ0v) is 11.8. The second kappa shape index (κ2) is 4.53. The van der Waals surface area contributed by atoms with Gasteiger partial charge in [-0.1, -0.05) is 21.1 Å². The number of aromatic hydroxyl groups is 1. The third-order valence-corrected chi connectivity index (χ3v) is 3.99. The van der Waals surface area contributed by atoms with Crippen LogP contribution in [0.5, 0.6) is 11.5 Å². The van der Waals surface area contributed by atoms with Gasteiger partial charge in [-0.25, -0.2) is 0 Å². The maximum atomic E-state index is 10.3. The number of halogens is 1. The average Bonchev–Trinajstić information content (AvgIpc) is 2.74. The van der Waals surface area contributed by atoms with Gasteiger partial charge in [0.05, 0.1) is 12.7 Å². The van der Waals surface area contributed by atoms with Crippen LogP contribution < -0.4 is 10.5 Å². The fourth-order valence-corrected chi connectivity index (χ4v) is 2.30. The van der Waals surface area contributed by atoms with Crippen molar-refractivity contribution in [1.82, 2.24) is 5.16 Å². The molecule has 1 aromatic heterocycles. The van der Waals surface area contributed by atoms with Crippen molar-refractivity contribution in [3.8, 4) is 22.8 Å². The van der Waals surface area contributed by atoms with Crippen molar-refractivity contribution in [3.63, 3.8) is 0 Å². The van der Waals surface area contributed by atoms with Crippen LogP contribution in [0.1, 0.15) is 11.1 Å². The summed E-state index contributed by atoms with van der Waals surface area (Å²) in [5, 5.41) is 13.9. The normalized spacial score (nSPS) is 10.7. The summed E-state index contributed by atoms with van der Waals surface area (Å²) in [7, 11) is 1.50. The fourth-order valence-electron chi connectivity index (χ4n) is 1.92. The minimum atomic E-state index is 0.0202. The summed E-state index contributed by atoms with van der Waals surface area (Å²) >= 11 is 3.48. The largest absolute Gasteiger partial charge is 0.504 e. The van der Waals surface area contributed by atoms with Crippen LogP contribution in [-0.4, -0.2) is 17.4 Å². The third-order valence-electron chi connectivity index (χ3n) is 2.80. The molecule has 1 aromatic carbocycles. The maximum Gasteiger partial charge on any atom is 0.173 e. The second-order valence-electron chi connectivity index (χ2n) is 3.94. The number of rotatable bonds is 2. The number of hydrogen-bond acceptors (Lipinski definition) is 5. The van der Waals surface area contributed by atoms with Gasteiger partial charge < -0.3 is 20.1 Å².